The van der Waals surface area contributed by atoms with Gasteiger partial charge in [-0.15, -0.1) is 11.3 Å². The second-order valence-electron chi connectivity index (χ2n) is 4.46. The number of rotatable bonds is 5. The third-order valence-electron chi connectivity index (χ3n) is 2.86. The van der Waals surface area contributed by atoms with E-state index in [0.717, 1.165) is 22.0 Å². The molecule has 0 aliphatic rings. The molecule has 0 unspecified atom stereocenters. The van der Waals surface area contributed by atoms with Crippen molar-refractivity contribution in [1.82, 2.24) is 4.98 Å². The van der Waals surface area contributed by atoms with Crippen LogP contribution in [-0.4, -0.2) is 21.6 Å². The number of nitro groups is 1. The van der Waals surface area contributed by atoms with Gasteiger partial charge in [-0.3, -0.25) is 14.9 Å². The monoisotopic (exact) mass is 346 g/mol. The Bertz CT molecular complexity index is 846. The number of hydrogen-bond acceptors (Lipinski definition) is 7. The van der Waals surface area contributed by atoms with Gasteiger partial charge in [0.2, 0.25) is 5.12 Å². The molecular formula is C15H10N2O4S2. The first-order valence-corrected chi connectivity index (χ1v) is 8.18. The maximum atomic E-state index is 12.0. The first-order valence-electron chi connectivity index (χ1n) is 6.55. The third-order valence-corrected chi connectivity index (χ3v) is 4.80. The van der Waals surface area contributed by atoms with E-state index in [-0.39, 0.29) is 23.2 Å². The number of para-hydroxylation sites is 1. The van der Waals surface area contributed by atoms with Crippen molar-refractivity contribution in [3.05, 3.63) is 58.6 Å². The molecule has 1 heterocycles. The summed E-state index contributed by atoms with van der Waals surface area (Å²) in [7, 11) is 0. The van der Waals surface area contributed by atoms with Crippen molar-refractivity contribution in [3.8, 4) is 5.75 Å². The molecule has 0 aliphatic carbocycles. The average Bonchev–Trinajstić information content (AvgIpc) is 2.95. The molecule has 0 bridgehead atoms. The summed E-state index contributed by atoms with van der Waals surface area (Å²) >= 11 is 2.45. The highest BCUT2D eigenvalue weighted by molar-refractivity contribution is 8.15. The van der Waals surface area contributed by atoms with Gasteiger partial charge in [-0.25, -0.2) is 4.98 Å². The Morgan fingerprint density at radius 3 is 2.87 bits per heavy atom. The fourth-order valence-corrected chi connectivity index (χ4v) is 3.72. The Labute approximate surface area is 139 Å². The van der Waals surface area contributed by atoms with E-state index in [1.165, 1.54) is 29.5 Å². The molecule has 0 amide bonds. The number of carbonyl (C=O) groups is 1. The number of ether oxygens (including phenoxy) is 1. The van der Waals surface area contributed by atoms with Gasteiger partial charge >= 0.3 is 0 Å². The van der Waals surface area contributed by atoms with E-state index in [0.29, 0.717) is 4.34 Å². The number of fused-ring (bicyclic) bond motifs is 1. The van der Waals surface area contributed by atoms with Crippen LogP contribution in [0.15, 0.2) is 52.9 Å². The van der Waals surface area contributed by atoms with Crippen molar-refractivity contribution in [1.29, 1.82) is 0 Å². The molecule has 116 valence electrons. The van der Waals surface area contributed by atoms with Crippen LogP contribution in [0, 0.1) is 10.1 Å². The molecule has 0 fully saturated rings. The second-order valence-corrected chi connectivity index (χ2v) is 6.80. The smallest absolute Gasteiger partial charge is 0.273 e. The number of carbonyl (C=O) groups excluding carboxylic acids is 1. The number of thiazole rings is 1. The zero-order valence-corrected chi connectivity index (χ0v) is 13.3. The maximum Gasteiger partial charge on any atom is 0.273 e. The minimum atomic E-state index is -0.509. The summed E-state index contributed by atoms with van der Waals surface area (Å²) in [5.74, 6) is 0.289. The molecule has 2 aromatic carbocycles. The average molecular weight is 346 g/mol. The minimum Gasteiger partial charge on any atom is -0.485 e. The summed E-state index contributed by atoms with van der Waals surface area (Å²) in [6.07, 6.45) is 0. The molecule has 6 nitrogen and oxygen atoms in total. The van der Waals surface area contributed by atoms with E-state index in [1.807, 2.05) is 24.3 Å². The molecule has 0 atom stereocenters. The van der Waals surface area contributed by atoms with E-state index in [4.69, 9.17) is 4.74 Å². The summed E-state index contributed by atoms with van der Waals surface area (Å²) in [5, 5.41) is 10.5. The number of nitro benzene ring substituents is 1. The van der Waals surface area contributed by atoms with E-state index in [2.05, 4.69) is 4.98 Å². The molecule has 0 N–H and O–H groups in total. The van der Waals surface area contributed by atoms with Crippen molar-refractivity contribution < 1.29 is 14.5 Å². The molecule has 0 aliphatic heterocycles. The van der Waals surface area contributed by atoms with Crippen molar-refractivity contribution >= 4 is 44.1 Å². The summed E-state index contributed by atoms with van der Waals surface area (Å²) in [6, 6.07) is 13.4. The third kappa shape index (κ3) is 3.85. The number of aromatic nitrogens is 1. The van der Waals surface area contributed by atoms with Gasteiger partial charge in [-0.2, -0.15) is 0 Å². The van der Waals surface area contributed by atoms with Gasteiger partial charge < -0.3 is 4.74 Å². The lowest BCUT2D eigenvalue weighted by atomic mass is 10.3. The molecule has 3 rings (SSSR count). The highest BCUT2D eigenvalue weighted by Crippen LogP contribution is 2.30. The van der Waals surface area contributed by atoms with Crippen LogP contribution in [-0.2, 0) is 4.79 Å². The lowest BCUT2D eigenvalue weighted by molar-refractivity contribution is -0.384. The fraction of sp³-hybridized carbons (Fsp3) is 0.0667. The lowest BCUT2D eigenvalue weighted by Gasteiger charge is -2.03. The SMILES string of the molecule is O=C(COc1cccc([N+](=O)[O-])c1)Sc1nc2ccccc2s1. The van der Waals surface area contributed by atoms with Crippen LogP contribution in [0.3, 0.4) is 0 Å². The predicted octanol–water partition coefficient (Wildman–Crippen LogP) is 3.90. The van der Waals surface area contributed by atoms with E-state index >= 15 is 0 Å². The first-order chi connectivity index (χ1) is 11.1. The van der Waals surface area contributed by atoms with E-state index in [1.54, 1.807) is 6.07 Å². The normalized spacial score (nSPS) is 10.6. The van der Waals surface area contributed by atoms with Crippen molar-refractivity contribution in [3.63, 3.8) is 0 Å². The second kappa shape index (κ2) is 6.76. The molecule has 0 spiro atoms. The van der Waals surface area contributed by atoms with Crippen LogP contribution in [0.2, 0.25) is 0 Å². The maximum absolute atomic E-state index is 12.0. The van der Waals surface area contributed by atoms with Crippen molar-refractivity contribution in [2.75, 3.05) is 6.61 Å². The van der Waals surface area contributed by atoms with Crippen molar-refractivity contribution in [2.24, 2.45) is 0 Å². The number of hydrogen-bond donors (Lipinski definition) is 0. The highest BCUT2D eigenvalue weighted by Gasteiger charge is 2.12. The van der Waals surface area contributed by atoms with Gasteiger partial charge in [-0.1, -0.05) is 18.2 Å². The number of nitrogens with zero attached hydrogens (tertiary/aromatic N) is 2. The summed E-state index contributed by atoms with van der Waals surface area (Å²) in [4.78, 5) is 26.5. The first kappa shape index (κ1) is 15.4. The quantitative estimate of drug-likeness (QED) is 0.396. The summed E-state index contributed by atoms with van der Waals surface area (Å²) in [6.45, 7) is -0.179. The Kier molecular flexibility index (Phi) is 4.54. The zero-order chi connectivity index (χ0) is 16.2. The topological polar surface area (TPSA) is 82.3 Å². The van der Waals surface area contributed by atoms with Gasteiger partial charge in [0.25, 0.3) is 5.69 Å². The van der Waals surface area contributed by atoms with Gasteiger partial charge in [0, 0.05) is 6.07 Å². The van der Waals surface area contributed by atoms with Gasteiger partial charge in [0.1, 0.15) is 5.75 Å². The molecule has 3 aromatic rings. The molecule has 0 radical (unpaired) electrons. The zero-order valence-electron chi connectivity index (χ0n) is 11.7. The Hall–Kier alpha value is -2.45. The minimum absolute atomic E-state index is 0.0752. The van der Waals surface area contributed by atoms with Crippen LogP contribution in [0.1, 0.15) is 0 Å². The Balaban J connectivity index is 1.61. The number of thioether (sulfide) groups is 1. The van der Waals surface area contributed by atoms with E-state index in [9.17, 15) is 14.9 Å². The van der Waals surface area contributed by atoms with Gasteiger partial charge in [0.05, 0.1) is 21.2 Å². The molecular weight excluding hydrogens is 336 g/mol. The largest absolute Gasteiger partial charge is 0.485 e. The van der Waals surface area contributed by atoms with Gasteiger partial charge in [0.15, 0.2) is 10.9 Å². The standard InChI is InChI=1S/C15H10N2O4S2/c18-14(9-21-11-5-3-4-10(8-11)17(19)20)23-15-16-12-6-1-2-7-13(12)22-15/h1-8H,9H2. The molecule has 0 saturated heterocycles. The van der Waals surface area contributed by atoms with Crippen LogP contribution >= 0.6 is 23.1 Å². The Morgan fingerprint density at radius 2 is 2.09 bits per heavy atom. The fourth-order valence-electron chi connectivity index (χ4n) is 1.85. The number of non-ortho nitro benzene ring substituents is 1. The van der Waals surface area contributed by atoms with Crippen LogP contribution in [0.5, 0.6) is 5.75 Å². The number of benzene rings is 2. The Morgan fingerprint density at radius 1 is 1.26 bits per heavy atom. The molecule has 8 heteroatoms. The summed E-state index contributed by atoms with van der Waals surface area (Å²) < 4.78 is 6.97. The lowest BCUT2D eigenvalue weighted by Crippen LogP contribution is -2.07. The highest BCUT2D eigenvalue weighted by atomic mass is 32.2. The van der Waals surface area contributed by atoms with Crippen LogP contribution < -0.4 is 4.74 Å². The molecule has 0 saturated carbocycles. The summed E-state index contributed by atoms with van der Waals surface area (Å²) in [5.41, 5.74) is 0.779. The molecule has 1 aromatic heterocycles. The van der Waals surface area contributed by atoms with Gasteiger partial charge in [-0.05, 0) is 30.0 Å². The van der Waals surface area contributed by atoms with E-state index < -0.39 is 4.92 Å². The van der Waals surface area contributed by atoms with Crippen LogP contribution in [0.4, 0.5) is 5.69 Å². The van der Waals surface area contributed by atoms with Crippen LogP contribution in [0.25, 0.3) is 10.2 Å². The predicted molar refractivity (Wildman–Crippen MR) is 89.1 cm³/mol. The van der Waals surface area contributed by atoms with Crippen molar-refractivity contribution in [2.45, 2.75) is 4.34 Å². The molecule has 23 heavy (non-hydrogen) atoms.